The molecule has 5 heteroatoms. The zero-order valence-electron chi connectivity index (χ0n) is 12.5. The molecular weight excluding hydrogens is 276 g/mol. The fraction of sp³-hybridized carbons (Fsp3) is 0.235. The average Bonchev–Trinajstić information content (AvgIpc) is 2.97. The van der Waals surface area contributed by atoms with Crippen LogP contribution in [-0.2, 0) is 17.9 Å². The van der Waals surface area contributed by atoms with Gasteiger partial charge in [-0.2, -0.15) is 0 Å². The van der Waals surface area contributed by atoms with E-state index in [1.165, 1.54) is 0 Å². The van der Waals surface area contributed by atoms with Crippen LogP contribution in [0.1, 0.15) is 12.6 Å². The van der Waals surface area contributed by atoms with Crippen LogP contribution in [0, 0.1) is 0 Å². The minimum Gasteiger partial charge on any atom is -0.336 e. The number of nitrogens with zero attached hydrogens (tertiary/aromatic N) is 4. The standard InChI is InChI=1S/C17H18N4O/c1-2-20(11-14-7-5-6-10-18-14)17(22)12-21-13-19-15-8-3-4-9-16(15)21/h3-10,13H,2,11-12H2,1H3. The number of pyridine rings is 1. The summed E-state index contributed by atoms with van der Waals surface area (Å²) in [6.45, 7) is 3.46. The number of amides is 1. The Morgan fingerprint density at radius 2 is 1.95 bits per heavy atom. The third-order valence-electron chi connectivity index (χ3n) is 3.65. The molecule has 3 aromatic rings. The van der Waals surface area contributed by atoms with E-state index in [0.717, 1.165) is 16.7 Å². The number of aromatic nitrogens is 3. The summed E-state index contributed by atoms with van der Waals surface area (Å²) >= 11 is 0. The number of benzene rings is 1. The Morgan fingerprint density at radius 1 is 1.14 bits per heavy atom. The van der Waals surface area contributed by atoms with Crippen LogP contribution in [0.15, 0.2) is 55.0 Å². The van der Waals surface area contributed by atoms with E-state index in [-0.39, 0.29) is 5.91 Å². The lowest BCUT2D eigenvalue weighted by molar-refractivity contribution is -0.132. The lowest BCUT2D eigenvalue weighted by atomic mass is 10.3. The van der Waals surface area contributed by atoms with Crippen molar-refractivity contribution in [2.75, 3.05) is 6.54 Å². The lowest BCUT2D eigenvalue weighted by Gasteiger charge is -2.20. The van der Waals surface area contributed by atoms with E-state index in [1.807, 2.05) is 54.0 Å². The predicted molar refractivity (Wildman–Crippen MR) is 85.1 cm³/mol. The van der Waals surface area contributed by atoms with E-state index in [9.17, 15) is 4.79 Å². The first-order chi connectivity index (χ1) is 10.8. The molecule has 5 nitrogen and oxygen atoms in total. The Kier molecular flexibility index (Phi) is 4.14. The van der Waals surface area contributed by atoms with Crippen molar-refractivity contribution >= 4 is 16.9 Å². The monoisotopic (exact) mass is 294 g/mol. The van der Waals surface area contributed by atoms with Gasteiger partial charge in [-0.05, 0) is 31.2 Å². The van der Waals surface area contributed by atoms with Crippen molar-refractivity contribution < 1.29 is 4.79 Å². The average molecular weight is 294 g/mol. The molecule has 0 aliphatic carbocycles. The van der Waals surface area contributed by atoms with Gasteiger partial charge in [-0.1, -0.05) is 18.2 Å². The molecule has 1 aromatic carbocycles. The Labute approximate surface area is 129 Å². The smallest absolute Gasteiger partial charge is 0.242 e. The van der Waals surface area contributed by atoms with Crippen LogP contribution in [-0.4, -0.2) is 31.9 Å². The largest absolute Gasteiger partial charge is 0.336 e. The maximum atomic E-state index is 12.5. The molecular formula is C17H18N4O. The van der Waals surface area contributed by atoms with E-state index in [1.54, 1.807) is 17.4 Å². The zero-order chi connectivity index (χ0) is 15.4. The molecule has 0 spiro atoms. The van der Waals surface area contributed by atoms with Crippen molar-refractivity contribution in [1.29, 1.82) is 0 Å². The third-order valence-corrected chi connectivity index (χ3v) is 3.65. The van der Waals surface area contributed by atoms with Crippen LogP contribution in [0.5, 0.6) is 0 Å². The molecule has 0 radical (unpaired) electrons. The number of hydrogen-bond acceptors (Lipinski definition) is 3. The summed E-state index contributed by atoms with van der Waals surface area (Å²) in [7, 11) is 0. The van der Waals surface area contributed by atoms with Gasteiger partial charge in [0, 0.05) is 12.7 Å². The SMILES string of the molecule is CCN(Cc1ccccn1)C(=O)Cn1cnc2ccccc21. The van der Waals surface area contributed by atoms with Crippen molar-refractivity contribution in [3.8, 4) is 0 Å². The highest BCUT2D eigenvalue weighted by atomic mass is 16.2. The van der Waals surface area contributed by atoms with Crippen molar-refractivity contribution in [3.63, 3.8) is 0 Å². The van der Waals surface area contributed by atoms with Crippen LogP contribution >= 0.6 is 0 Å². The lowest BCUT2D eigenvalue weighted by Crippen LogP contribution is -2.33. The van der Waals surface area contributed by atoms with Gasteiger partial charge < -0.3 is 9.47 Å². The number of carbonyl (C=O) groups is 1. The van der Waals surface area contributed by atoms with Crippen molar-refractivity contribution in [3.05, 3.63) is 60.7 Å². The first-order valence-corrected chi connectivity index (χ1v) is 7.35. The Hall–Kier alpha value is -2.69. The number of hydrogen-bond donors (Lipinski definition) is 0. The minimum atomic E-state index is 0.0660. The molecule has 2 aromatic heterocycles. The normalized spacial score (nSPS) is 10.8. The van der Waals surface area contributed by atoms with Crippen LogP contribution in [0.4, 0.5) is 0 Å². The second-order valence-electron chi connectivity index (χ2n) is 5.09. The van der Waals surface area contributed by atoms with E-state index in [0.29, 0.717) is 19.6 Å². The van der Waals surface area contributed by atoms with Gasteiger partial charge in [0.1, 0.15) is 6.54 Å². The molecule has 1 amide bonds. The molecule has 0 fully saturated rings. The van der Waals surface area contributed by atoms with E-state index in [2.05, 4.69) is 9.97 Å². The third kappa shape index (κ3) is 2.98. The zero-order valence-corrected chi connectivity index (χ0v) is 12.5. The highest BCUT2D eigenvalue weighted by Crippen LogP contribution is 2.12. The van der Waals surface area contributed by atoms with Crippen molar-refractivity contribution in [1.82, 2.24) is 19.4 Å². The van der Waals surface area contributed by atoms with E-state index in [4.69, 9.17) is 0 Å². The van der Waals surface area contributed by atoms with Gasteiger partial charge in [0.05, 0.1) is 29.6 Å². The first-order valence-electron chi connectivity index (χ1n) is 7.35. The van der Waals surface area contributed by atoms with Gasteiger partial charge in [0.15, 0.2) is 0 Å². The predicted octanol–water partition coefficient (Wildman–Crippen LogP) is 2.48. The summed E-state index contributed by atoms with van der Waals surface area (Å²) in [5.41, 5.74) is 2.78. The Bertz CT molecular complexity index is 766. The molecule has 0 N–H and O–H groups in total. The fourth-order valence-corrected chi connectivity index (χ4v) is 2.45. The van der Waals surface area contributed by atoms with Crippen LogP contribution in [0.25, 0.3) is 11.0 Å². The number of fused-ring (bicyclic) bond motifs is 1. The Balaban J connectivity index is 1.74. The van der Waals surface area contributed by atoms with Gasteiger partial charge in [-0.25, -0.2) is 4.98 Å². The molecule has 112 valence electrons. The van der Waals surface area contributed by atoms with Gasteiger partial charge in [0.2, 0.25) is 5.91 Å². The van der Waals surface area contributed by atoms with Gasteiger partial charge in [-0.15, -0.1) is 0 Å². The molecule has 3 rings (SSSR count). The highest BCUT2D eigenvalue weighted by Gasteiger charge is 2.14. The van der Waals surface area contributed by atoms with Crippen LogP contribution < -0.4 is 0 Å². The van der Waals surface area contributed by atoms with Gasteiger partial charge in [-0.3, -0.25) is 9.78 Å². The van der Waals surface area contributed by atoms with E-state index < -0.39 is 0 Å². The molecule has 0 aliphatic rings. The molecule has 0 bridgehead atoms. The summed E-state index contributed by atoms with van der Waals surface area (Å²) in [5, 5.41) is 0. The number of imidazole rings is 1. The summed E-state index contributed by atoms with van der Waals surface area (Å²) in [6.07, 6.45) is 3.47. The maximum Gasteiger partial charge on any atom is 0.242 e. The highest BCUT2D eigenvalue weighted by molar-refractivity contribution is 5.80. The molecule has 0 saturated heterocycles. The topological polar surface area (TPSA) is 51.0 Å². The summed E-state index contributed by atoms with van der Waals surface area (Å²) < 4.78 is 1.89. The van der Waals surface area contributed by atoms with Crippen LogP contribution in [0.3, 0.4) is 0 Å². The molecule has 0 saturated carbocycles. The Morgan fingerprint density at radius 3 is 2.73 bits per heavy atom. The summed E-state index contributed by atoms with van der Waals surface area (Å²) in [6, 6.07) is 13.6. The molecule has 22 heavy (non-hydrogen) atoms. The molecule has 0 unspecified atom stereocenters. The van der Waals surface area contributed by atoms with Crippen molar-refractivity contribution in [2.24, 2.45) is 0 Å². The fourth-order valence-electron chi connectivity index (χ4n) is 2.45. The summed E-state index contributed by atoms with van der Waals surface area (Å²) in [5.74, 6) is 0.0660. The first kappa shape index (κ1) is 14.3. The molecule has 2 heterocycles. The molecule has 0 aliphatic heterocycles. The van der Waals surface area contributed by atoms with Crippen molar-refractivity contribution in [2.45, 2.75) is 20.0 Å². The quantitative estimate of drug-likeness (QED) is 0.726. The van der Waals surface area contributed by atoms with Crippen LogP contribution in [0.2, 0.25) is 0 Å². The second-order valence-corrected chi connectivity index (χ2v) is 5.09. The number of para-hydroxylation sites is 2. The van der Waals surface area contributed by atoms with Gasteiger partial charge >= 0.3 is 0 Å². The number of likely N-dealkylation sites (N-methyl/N-ethyl adjacent to an activating group) is 1. The second kappa shape index (κ2) is 6.39. The number of rotatable bonds is 5. The molecule has 0 atom stereocenters. The van der Waals surface area contributed by atoms with Gasteiger partial charge in [0.25, 0.3) is 0 Å². The summed E-state index contributed by atoms with van der Waals surface area (Å²) in [4.78, 5) is 22.9. The number of carbonyl (C=O) groups excluding carboxylic acids is 1. The minimum absolute atomic E-state index is 0.0660. The maximum absolute atomic E-state index is 12.5. The van der Waals surface area contributed by atoms with E-state index >= 15 is 0 Å².